The van der Waals surface area contributed by atoms with E-state index in [4.69, 9.17) is 9.47 Å². The van der Waals surface area contributed by atoms with Crippen molar-refractivity contribution in [3.05, 3.63) is 53.1 Å². The first-order chi connectivity index (χ1) is 12.3. The van der Waals surface area contributed by atoms with Crippen LogP contribution in [0.15, 0.2) is 41.3 Å². The number of amides is 1. The van der Waals surface area contributed by atoms with E-state index >= 15 is 0 Å². The van der Waals surface area contributed by atoms with Crippen LogP contribution in [0.3, 0.4) is 0 Å². The highest BCUT2D eigenvalue weighted by Crippen LogP contribution is 2.28. The zero-order valence-corrected chi connectivity index (χ0v) is 15.9. The number of carbonyl (C=O) groups excluding carboxylic acids is 1. The topological polar surface area (TPSA) is 93.7 Å². The van der Waals surface area contributed by atoms with Crippen LogP contribution in [0.1, 0.15) is 28.4 Å². The maximum atomic E-state index is 12.4. The van der Waals surface area contributed by atoms with Crippen molar-refractivity contribution < 1.29 is 22.7 Å². The maximum Gasteiger partial charge on any atom is 0.266 e. The summed E-state index contributed by atoms with van der Waals surface area (Å²) in [6.07, 6.45) is 0. The lowest BCUT2D eigenvalue weighted by Gasteiger charge is -2.13. The van der Waals surface area contributed by atoms with E-state index in [2.05, 4.69) is 10.3 Å². The first kappa shape index (κ1) is 19.7. The fraction of sp³-hybridized carbons (Fsp3) is 0.278. The van der Waals surface area contributed by atoms with Crippen molar-refractivity contribution in [2.75, 3.05) is 13.7 Å². The van der Waals surface area contributed by atoms with E-state index < -0.39 is 15.9 Å². The summed E-state index contributed by atoms with van der Waals surface area (Å²) in [5.41, 5.74) is 3.98. The molecular formula is C18H22N2O5S. The molecule has 0 spiro atoms. The second-order valence-electron chi connectivity index (χ2n) is 5.63. The van der Waals surface area contributed by atoms with Crippen LogP contribution in [0, 0.1) is 13.8 Å². The minimum absolute atomic E-state index is 0.104. The Labute approximate surface area is 153 Å². The summed E-state index contributed by atoms with van der Waals surface area (Å²) in [5.74, 6) is 0.277. The number of aryl methyl sites for hydroxylation is 2. The Morgan fingerprint density at radius 3 is 2.42 bits per heavy atom. The van der Waals surface area contributed by atoms with Gasteiger partial charge in [0.05, 0.1) is 18.6 Å². The molecule has 2 aromatic rings. The molecule has 7 nitrogen and oxygen atoms in total. The van der Waals surface area contributed by atoms with Gasteiger partial charge in [-0.2, -0.15) is 0 Å². The summed E-state index contributed by atoms with van der Waals surface area (Å²) < 4.78 is 35.4. The zero-order chi connectivity index (χ0) is 19.3. The Morgan fingerprint density at radius 2 is 1.81 bits per heavy atom. The average Bonchev–Trinajstić information content (AvgIpc) is 2.60. The second-order valence-corrected chi connectivity index (χ2v) is 7.28. The highest BCUT2D eigenvalue weighted by molar-refractivity contribution is 7.89. The van der Waals surface area contributed by atoms with Crippen molar-refractivity contribution in [3.8, 4) is 11.5 Å². The van der Waals surface area contributed by atoms with Gasteiger partial charge in [-0.15, -0.1) is 4.83 Å². The van der Waals surface area contributed by atoms with Gasteiger partial charge in [-0.25, -0.2) is 8.42 Å². The summed E-state index contributed by atoms with van der Waals surface area (Å²) in [6.45, 7) is 5.86. The molecule has 26 heavy (non-hydrogen) atoms. The van der Waals surface area contributed by atoms with E-state index in [-0.39, 0.29) is 10.5 Å². The van der Waals surface area contributed by atoms with Crippen LogP contribution in [-0.4, -0.2) is 28.0 Å². The van der Waals surface area contributed by atoms with Crippen LogP contribution in [0.2, 0.25) is 0 Å². The van der Waals surface area contributed by atoms with Crippen molar-refractivity contribution >= 4 is 15.9 Å². The highest BCUT2D eigenvalue weighted by Gasteiger charge is 2.18. The summed E-state index contributed by atoms with van der Waals surface area (Å²) in [6, 6.07) is 9.55. The Hall–Kier alpha value is -2.58. The monoisotopic (exact) mass is 378 g/mol. The van der Waals surface area contributed by atoms with Gasteiger partial charge in [0, 0.05) is 5.56 Å². The van der Waals surface area contributed by atoms with Gasteiger partial charge in [0.15, 0.2) is 11.5 Å². The summed E-state index contributed by atoms with van der Waals surface area (Å²) >= 11 is 0. The van der Waals surface area contributed by atoms with E-state index in [0.717, 1.165) is 5.56 Å². The average molecular weight is 378 g/mol. The molecule has 2 N–H and O–H groups in total. The number of nitrogens with one attached hydrogen (secondary N) is 2. The molecule has 2 aromatic carbocycles. The lowest BCUT2D eigenvalue weighted by molar-refractivity contribution is 0.0944. The zero-order valence-electron chi connectivity index (χ0n) is 15.1. The van der Waals surface area contributed by atoms with E-state index in [9.17, 15) is 13.2 Å². The number of hydrazine groups is 1. The van der Waals surface area contributed by atoms with E-state index in [0.29, 0.717) is 23.7 Å². The van der Waals surface area contributed by atoms with Gasteiger partial charge in [0.25, 0.3) is 15.9 Å². The number of rotatable bonds is 7. The second kappa shape index (κ2) is 8.20. The van der Waals surface area contributed by atoms with Crippen LogP contribution < -0.4 is 19.7 Å². The molecule has 140 valence electrons. The third-order valence-electron chi connectivity index (χ3n) is 3.64. The van der Waals surface area contributed by atoms with Gasteiger partial charge in [-0.3, -0.25) is 10.2 Å². The molecule has 0 atom stereocenters. The molecule has 0 bridgehead atoms. The molecule has 0 aliphatic heterocycles. The van der Waals surface area contributed by atoms with Crippen LogP contribution in [0.5, 0.6) is 11.5 Å². The molecule has 0 unspecified atom stereocenters. The number of benzene rings is 2. The lowest BCUT2D eigenvalue weighted by Crippen LogP contribution is -2.41. The highest BCUT2D eigenvalue weighted by atomic mass is 32.2. The van der Waals surface area contributed by atoms with Crippen molar-refractivity contribution in [1.29, 1.82) is 0 Å². The predicted octanol–water partition coefficient (Wildman–Crippen LogP) is 2.33. The Kier molecular flexibility index (Phi) is 6.23. The number of hydrogen-bond acceptors (Lipinski definition) is 5. The molecule has 0 aliphatic rings. The molecule has 0 heterocycles. The minimum Gasteiger partial charge on any atom is -0.493 e. The summed E-state index contributed by atoms with van der Waals surface area (Å²) in [4.78, 5) is 14.5. The molecule has 2 rings (SSSR count). The van der Waals surface area contributed by atoms with E-state index in [1.54, 1.807) is 25.1 Å². The Morgan fingerprint density at radius 1 is 1.08 bits per heavy atom. The van der Waals surface area contributed by atoms with E-state index in [1.165, 1.54) is 25.3 Å². The molecular weight excluding hydrogens is 356 g/mol. The maximum absolute atomic E-state index is 12.4. The number of methoxy groups -OCH3 is 1. The van der Waals surface area contributed by atoms with Gasteiger partial charge < -0.3 is 9.47 Å². The SMILES string of the molecule is CCOc1ccc(C(=O)NNS(=O)(=O)c2ccc(C)cc2C)cc1OC. The number of sulfonamides is 1. The van der Waals surface area contributed by atoms with Crippen LogP contribution in [-0.2, 0) is 10.0 Å². The molecule has 0 saturated carbocycles. The molecule has 1 amide bonds. The summed E-state index contributed by atoms with van der Waals surface area (Å²) in [5, 5.41) is 0. The van der Waals surface area contributed by atoms with Crippen LogP contribution in [0.4, 0.5) is 0 Å². The fourth-order valence-electron chi connectivity index (χ4n) is 2.43. The van der Waals surface area contributed by atoms with Gasteiger partial charge >= 0.3 is 0 Å². The van der Waals surface area contributed by atoms with Gasteiger partial charge in [0.2, 0.25) is 0 Å². The van der Waals surface area contributed by atoms with Gasteiger partial charge in [-0.05, 0) is 50.6 Å². The fourth-order valence-corrected chi connectivity index (χ4v) is 3.49. The largest absolute Gasteiger partial charge is 0.493 e. The standard InChI is InChI=1S/C18H22N2O5S/c1-5-25-15-8-7-14(11-16(15)24-4)18(21)19-20-26(22,23)17-9-6-12(2)10-13(17)3/h6-11,20H,5H2,1-4H3,(H,19,21). The van der Waals surface area contributed by atoms with Crippen LogP contribution in [0.25, 0.3) is 0 Å². The minimum atomic E-state index is -3.88. The molecule has 0 aromatic heterocycles. The quantitative estimate of drug-likeness (QED) is 0.721. The molecule has 0 fully saturated rings. The first-order valence-electron chi connectivity index (χ1n) is 7.98. The first-order valence-corrected chi connectivity index (χ1v) is 9.47. The molecule has 8 heteroatoms. The molecule has 0 aliphatic carbocycles. The van der Waals surface area contributed by atoms with Gasteiger partial charge in [0.1, 0.15) is 0 Å². The normalized spacial score (nSPS) is 11.1. The van der Waals surface area contributed by atoms with Crippen molar-refractivity contribution in [2.24, 2.45) is 0 Å². The number of ether oxygens (including phenoxy) is 2. The van der Waals surface area contributed by atoms with Crippen molar-refractivity contribution in [3.63, 3.8) is 0 Å². The Balaban J connectivity index is 2.15. The van der Waals surface area contributed by atoms with Crippen molar-refractivity contribution in [2.45, 2.75) is 25.7 Å². The molecule has 0 saturated heterocycles. The third kappa shape index (κ3) is 4.53. The van der Waals surface area contributed by atoms with Gasteiger partial charge in [-0.1, -0.05) is 17.7 Å². The third-order valence-corrected chi connectivity index (χ3v) is 5.05. The van der Waals surface area contributed by atoms with Crippen molar-refractivity contribution in [1.82, 2.24) is 10.3 Å². The number of hydrogen-bond donors (Lipinski definition) is 2. The Bertz CT molecular complexity index is 910. The number of carbonyl (C=O) groups is 1. The molecule has 0 radical (unpaired) electrons. The van der Waals surface area contributed by atoms with Crippen LogP contribution >= 0.6 is 0 Å². The lowest BCUT2D eigenvalue weighted by atomic mass is 10.2. The van der Waals surface area contributed by atoms with E-state index in [1.807, 2.05) is 13.8 Å². The smallest absolute Gasteiger partial charge is 0.266 e. The summed E-state index contributed by atoms with van der Waals surface area (Å²) in [7, 11) is -2.42. The predicted molar refractivity (Wildman–Crippen MR) is 97.9 cm³/mol.